The summed E-state index contributed by atoms with van der Waals surface area (Å²) in [5.74, 6) is -0.461. The molecule has 0 radical (unpaired) electrons. The van der Waals surface area contributed by atoms with Crippen LogP contribution in [0, 0.1) is 0 Å². The summed E-state index contributed by atoms with van der Waals surface area (Å²) in [5, 5.41) is 13.0. The summed E-state index contributed by atoms with van der Waals surface area (Å²) < 4.78 is 50.9. The van der Waals surface area contributed by atoms with Crippen LogP contribution in [0.25, 0.3) is 0 Å². The minimum atomic E-state index is -4.24. The number of aromatic amines is 1. The first-order valence-corrected chi connectivity index (χ1v) is 11.9. The van der Waals surface area contributed by atoms with Crippen LogP contribution in [0.1, 0.15) is 19.6 Å². The Morgan fingerprint density at radius 3 is 2.68 bits per heavy atom. The topological polar surface area (TPSA) is 158 Å². The number of rotatable bonds is 8. The standard InChI is InChI=1S/C20H23FN3O9P/c1-20(21)16(26)14(32-18(20)24-9-7-15(25)22-19(24)28)11-31-34(29,23-13-8-10-30-17(13)27)33-12-5-3-2-4-6-12/h2-7,9,13-14,16,18,26H,8,10-11H2,1H3,(H,23,29)(H,22,25,28)/t13-,14+,16+,18+,20?,34?/m0/s1. The lowest BCUT2D eigenvalue weighted by Gasteiger charge is -2.25. The molecule has 2 unspecified atom stereocenters. The van der Waals surface area contributed by atoms with Crippen LogP contribution in [0.4, 0.5) is 4.39 Å². The van der Waals surface area contributed by atoms with Crippen molar-refractivity contribution in [2.24, 2.45) is 0 Å². The molecule has 2 aromatic rings. The van der Waals surface area contributed by atoms with Crippen molar-refractivity contribution < 1.29 is 37.4 Å². The number of aromatic nitrogens is 2. The van der Waals surface area contributed by atoms with Crippen molar-refractivity contribution in [1.29, 1.82) is 0 Å². The van der Waals surface area contributed by atoms with Gasteiger partial charge in [0, 0.05) is 18.7 Å². The van der Waals surface area contributed by atoms with Gasteiger partial charge in [-0.1, -0.05) is 18.2 Å². The summed E-state index contributed by atoms with van der Waals surface area (Å²) in [4.78, 5) is 37.3. The van der Waals surface area contributed by atoms with Gasteiger partial charge in [0.25, 0.3) is 5.56 Å². The van der Waals surface area contributed by atoms with Gasteiger partial charge in [-0.15, -0.1) is 0 Å². The number of hydrogen-bond acceptors (Lipinski definition) is 9. The van der Waals surface area contributed by atoms with Gasteiger partial charge in [-0.2, -0.15) is 5.09 Å². The second-order valence-electron chi connectivity index (χ2n) is 7.98. The van der Waals surface area contributed by atoms with Crippen LogP contribution in [-0.2, 0) is 23.4 Å². The highest BCUT2D eigenvalue weighted by atomic mass is 31.2. The van der Waals surface area contributed by atoms with Gasteiger partial charge in [-0.05, 0) is 19.1 Å². The van der Waals surface area contributed by atoms with Gasteiger partial charge in [0.1, 0.15) is 24.0 Å². The summed E-state index contributed by atoms with van der Waals surface area (Å²) >= 11 is 0. The Balaban J connectivity index is 1.53. The summed E-state index contributed by atoms with van der Waals surface area (Å²) in [6, 6.07) is 8.06. The van der Waals surface area contributed by atoms with Crippen LogP contribution in [0.15, 0.2) is 52.2 Å². The van der Waals surface area contributed by atoms with E-state index >= 15 is 4.39 Å². The number of carbonyl (C=O) groups is 1. The number of para-hydroxylation sites is 1. The predicted molar refractivity (Wildman–Crippen MR) is 114 cm³/mol. The molecule has 14 heteroatoms. The number of aliphatic hydroxyl groups excluding tert-OH is 1. The average molecular weight is 499 g/mol. The summed E-state index contributed by atoms with van der Waals surface area (Å²) in [6.07, 6.45) is -3.50. The third-order valence-electron chi connectivity index (χ3n) is 5.45. The second-order valence-corrected chi connectivity index (χ2v) is 9.67. The number of carbonyl (C=O) groups excluding carboxylic acids is 1. The van der Waals surface area contributed by atoms with Gasteiger partial charge in [-0.25, -0.2) is 13.8 Å². The Hall–Kier alpha value is -2.83. The van der Waals surface area contributed by atoms with Crippen LogP contribution < -0.4 is 20.9 Å². The van der Waals surface area contributed by atoms with E-state index in [9.17, 15) is 24.1 Å². The number of hydrogen-bond donors (Lipinski definition) is 3. The Labute approximate surface area is 192 Å². The molecule has 6 atom stereocenters. The first-order chi connectivity index (χ1) is 16.1. The van der Waals surface area contributed by atoms with E-state index in [1.54, 1.807) is 18.2 Å². The quantitative estimate of drug-likeness (QED) is 0.348. The fourth-order valence-corrected chi connectivity index (χ4v) is 5.19. The number of H-pyrrole nitrogens is 1. The number of nitrogens with zero attached hydrogens (tertiary/aromatic N) is 1. The van der Waals surface area contributed by atoms with Crippen LogP contribution in [0.3, 0.4) is 0 Å². The van der Waals surface area contributed by atoms with E-state index in [2.05, 4.69) is 5.09 Å². The Morgan fingerprint density at radius 2 is 2.03 bits per heavy atom. The minimum absolute atomic E-state index is 0.127. The highest BCUT2D eigenvalue weighted by Crippen LogP contribution is 2.47. The van der Waals surface area contributed by atoms with Crippen molar-refractivity contribution >= 4 is 13.7 Å². The molecule has 4 rings (SSSR count). The molecule has 2 fully saturated rings. The molecule has 2 saturated heterocycles. The lowest BCUT2D eigenvalue weighted by Crippen LogP contribution is -2.43. The Bertz CT molecular complexity index is 1200. The van der Waals surface area contributed by atoms with Crippen LogP contribution in [0.2, 0.25) is 0 Å². The van der Waals surface area contributed by atoms with E-state index in [0.717, 1.165) is 23.8 Å². The van der Waals surface area contributed by atoms with E-state index in [0.29, 0.717) is 0 Å². The third-order valence-corrected chi connectivity index (χ3v) is 7.02. The lowest BCUT2D eigenvalue weighted by molar-refractivity contribution is -0.139. The van der Waals surface area contributed by atoms with Gasteiger partial charge < -0.3 is 19.1 Å². The fraction of sp³-hybridized carbons (Fsp3) is 0.450. The van der Waals surface area contributed by atoms with Crippen molar-refractivity contribution in [2.75, 3.05) is 13.2 Å². The lowest BCUT2D eigenvalue weighted by atomic mass is 9.98. The summed E-state index contributed by atoms with van der Waals surface area (Å²) in [7, 11) is -4.24. The van der Waals surface area contributed by atoms with Gasteiger partial charge in [-0.3, -0.25) is 23.7 Å². The summed E-state index contributed by atoms with van der Waals surface area (Å²) in [6.45, 7) is 0.531. The number of benzene rings is 1. The second kappa shape index (κ2) is 9.43. The number of cyclic esters (lactones) is 1. The largest absolute Gasteiger partial charge is 0.464 e. The number of aliphatic hydroxyl groups is 1. The normalized spacial score (nSPS) is 30.6. The van der Waals surface area contributed by atoms with E-state index < -0.39 is 61.7 Å². The Kier molecular flexibility index (Phi) is 6.74. The molecular weight excluding hydrogens is 476 g/mol. The maximum Gasteiger partial charge on any atom is 0.459 e. The van der Waals surface area contributed by atoms with Crippen LogP contribution >= 0.6 is 7.75 Å². The van der Waals surface area contributed by atoms with Gasteiger partial charge >= 0.3 is 19.4 Å². The van der Waals surface area contributed by atoms with Crippen molar-refractivity contribution in [3.8, 4) is 5.75 Å². The molecule has 1 aromatic carbocycles. The van der Waals surface area contributed by atoms with Gasteiger partial charge in [0.2, 0.25) is 0 Å². The molecule has 34 heavy (non-hydrogen) atoms. The van der Waals surface area contributed by atoms with Gasteiger partial charge in [0.15, 0.2) is 11.9 Å². The zero-order valence-electron chi connectivity index (χ0n) is 18.0. The molecule has 2 aliphatic heterocycles. The van der Waals surface area contributed by atoms with Crippen molar-refractivity contribution in [3.05, 3.63) is 63.4 Å². The van der Waals surface area contributed by atoms with Crippen molar-refractivity contribution in [3.63, 3.8) is 0 Å². The molecular formula is C20H23FN3O9P. The third kappa shape index (κ3) is 4.98. The van der Waals surface area contributed by atoms with Gasteiger partial charge in [0.05, 0.1) is 13.2 Å². The average Bonchev–Trinajstić information content (AvgIpc) is 3.28. The predicted octanol–water partition coefficient (Wildman–Crippen LogP) is 0.632. The van der Waals surface area contributed by atoms with E-state index in [4.69, 9.17) is 18.5 Å². The number of nitrogens with one attached hydrogen (secondary N) is 2. The smallest absolute Gasteiger partial charge is 0.459 e. The maximum absolute atomic E-state index is 15.4. The monoisotopic (exact) mass is 499 g/mol. The number of ether oxygens (including phenoxy) is 2. The van der Waals surface area contributed by atoms with Crippen LogP contribution in [-0.4, -0.2) is 57.8 Å². The van der Waals surface area contributed by atoms with E-state index in [1.807, 2.05) is 4.98 Å². The van der Waals surface area contributed by atoms with Crippen molar-refractivity contribution in [2.45, 2.75) is 43.5 Å². The molecule has 12 nitrogen and oxygen atoms in total. The fourth-order valence-electron chi connectivity index (χ4n) is 3.65. The van der Waals surface area contributed by atoms with Crippen molar-refractivity contribution in [1.82, 2.24) is 14.6 Å². The number of halogens is 1. The molecule has 3 heterocycles. The van der Waals surface area contributed by atoms with E-state index in [1.165, 1.54) is 12.1 Å². The first kappa shape index (κ1) is 24.3. The molecule has 0 amide bonds. The highest BCUT2D eigenvalue weighted by Gasteiger charge is 2.56. The molecule has 2 aliphatic rings. The summed E-state index contributed by atoms with van der Waals surface area (Å²) in [5.41, 5.74) is -4.09. The SMILES string of the molecule is CC1(F)[C@H](O)[C@@H](COP(=O)(N[C@H]2CCOC2=O)Oc2ccccc2)O[C@H]1n1ccc(=O)[nH]c1=O. The molecule has 0 saturated carbocycles. The van der Waals surface area contributed by atoms with E-state index in [-0.39, 0.29) is 18.8 Å². The maximum atomic E-state index is 15.4. The Morgan fingerprint density at radius 1 is 1.29 bits per heavy atom. The number of esters is 1. The molecule has 3 N–H and O–H groups in total. The molecule has 0 aliphatic carbocycles. The number of alkyl halides is 1. The zero-order chi connectivity index (χ0) is 24.5. The molecule has 0 spiro atoms. The minimum Gasteiger partial charge on any atom is -0.464 e. The first-order valence-electron chi connectivity index (χ1n) is 10.4. The molecule has 184 valence electrons. The zero-order valence-corrected chi connectivity index (χ0v) is 18.9. The highest BCUT2D eigenvalue weighted by molar-refractivity contribution is 7.52. The van der Waals surface area contributed by atoms with Crippen LogP contribution in [0.5, 0.6) is 5.75 Å². The molecule has 1 aromatic heterocycles. The molecule has 0 bridgehead atoms.